The van der Waals surface area contributed by atoms with Gasteiger partial charge in [-0.1, -0.05) is 0 Å². The molecule has 146 valence electrons. The molecule has 1 unspecified atom stereocenters. The molecule has 3 aromatic rings. The van der Waals surface area contributed by atoms with Crippen molar-refractivity contribution >= 4 is 34.4 Å². The Morgan fingerprint density at radius 3 is 2.14 bits per heavy atom. The molecule has 0 saturated carbocycles. The lowest BCUT2D eigenvalue weighted by atomic mass is 10.2. The van der Waals surface area contributed by atoms with Gasteiger partial charge in [-0.2, -0.15) is 0 Å². The number of aryl methyl sites for hydroxylation is 1. The van der Waals surface area contributed by atoms with Gasteiger partial charge in [0.05, 0.1) is 6.33 Å². The maximum Gasteiger partial charge on any atom is 0.332 e. The van der Waals surface area contributed by atoms with Gasteiger partial charge in [0.2, 0.25) is 11.8 Å². The Labute approximate surface area is 159 Å². The average molecular weight is 384 g/mol. The smallest absolute Gasteiger partial charge is 0.326 e. The number of carbonyl (C=O) groups is 2. The molecule has 2 amide bonds. The maximum absolute atomic E-state index is 12.7. The van der Waals surface area contributed by atoms with Gasteiger partial charge in [-0.15, -0.1) is 0 Å². The van der Waals surface area contributed by atoms with E-state index in [2.05, 4.69) is 15.6 Å². The van der Waals surface area contributed by atoms with E-state index >= 15 is 0 Å². The van der Waals surface area contributed by atoms with Crippen LogP contribution < -0.4 is 21.9 Å². The topological polar surface area (TPSA) is 120 Å². The highest BCUT2D eigenvalue weighted by Crippen LogP contribution is 2.18. The molecule has 2 heterocycles. The zero-order valence-electron chi connectivity index (χ0n) is 15.9. The Morgan fingerprint density at radius 2 is 1.57 bits per heavy atom. The van der Waals surface area contributed by atoms with Crippen LogP contribution in [0.2, 0.25) is 0 Å². The molecule has 10 heteroatoms. The number of aromatic nitrogens is 4. The number of carbonyl (C=O) groups excluding carboxylic acids is 2. The predicted molar refractivity (Wildman–Crippen MR) is 104 cm³/mol. The normalized spacial score (nSPS) is 12.0. The molecule has 0 saturated heterocycles. The number of nitrogens with zero attached hydrogens (tertiary/aromatic N) is 4. The number of hydrogen-bond acceptors (Lipinski definition) is 5. The molecule has 0 aliphatic heterocycles. The Kier molecular flexibility index (Phi) is 4.87. The number of fused-ring (bicyclic) bond motifs is 1. The van der Waals surface area contributed by atoms with Gasteiger partial charge >= 0.3 is 5.69 Å². The number of benzene rings is 1. The summed E-state index contributed by atoms with van der Waals surface area (Å²) in [6.07, 6.45) is 1.37. The zero-order chi connectivity index (χ0) is 20.6. The first kappa shape index (κ1) is 19.1. The number of anilines is 2. The van der Waals surface area contributed by atoms with Crippen molar-refractivity contribution in [3.8, 4) is 0 Å². The van der Waals surface area contributed by atoms with Crippen molar-refractivity contribution in [2.24, 2.45) is 14.1 Å². The highest BCUT2D eigenvalue weighted by molar-refractivity contribution is 5.95. The summed E-state index contributed by atoms with van der Waals surface area (Å²) in [4.78, 5) is 52.4. The van der Waals surface area contributed by atoms with E-state index < -0.39 is 17.3 Å². The molecule has 0 aliphatic rings. The Hall–Kier alpha value is -3.69. The van der Waals surface area contributed by atoms with Crippen LogP contribution in [-0.2, 0) is 23.7 Å². The minimum absolute atomic E-state index is 0.174. The third-order valence-electron chi connectivity index (χ3n) is 4.44. The van der Waals surface area contributed by atoms with Crippen molar-refractivity contribution in [2.75, 3.05) is 10.6 Å². The van der Waals surface area contributed by atoms with Crippen LogP contribution in [0.15, 0.2) is 40.2 Å². The van der Waals surface area contributed by atoms with E-state index in [1.54, 1.807) is 31.2 Å². The number of imidazole rings is 1. The molecule has 2 N–H and O–H groups in total. The summed E-state index contributed by atoms with van der Waals surface area (Å²) in [5.41, 5.74) is 0.536. The van der Waals surface area contributed by atoms with Gasteiger partial charge in [0.1, 0.15) is 6.04 Å². The van der Waals surface area contributed by atoms with Gasteiger partial charge < -0.3 is 15.2 Å². The molecule has 0 radical (unpaired) electrons. The van der Waals surface area contributed by atoms with Crippen molar-refractivity contribution in [1.29, 1.82) is 0 Å². The van der Waals surface area contributed by atoms with E-state index in [9.17, 15) is 19.2 Å². The Morgan fingerprint density at radius 1 is 1.00 bits per heavy atom. The van der Waals surface area contributed by atoms with Crippen LogP contribution in [-0.4, -0.2) is 30.5 Å². The Bertz CT molecular complexity index is 1190. The first-order valence-electron chi connectivity index (χ1n) is 8.51. The van der Waals surface area contributed by atoms with Crippen molar-refractivity contribution in [3.63, 3.8) is 0 Å². The van der Waals surface area contributed by atoms with Crippen molar-refractivity contribution in [2.45, 2.75) is 19.9 Å². The average Bonchev–Trinajstić information content (AvgIpc) is 3.10. The molecule has 0 aliphatic carbocycles. The summed E-state index contributed by atoms with van der Waals surface area (Å²) < 4.78 is 3.68. The number of rotatable bonds is 4. The zero-order valence-corrected chi connectivity index (χ0v) is 15.9. The molecule has 28 heavy (non-hydrogen) atoms. The number of hydrogen-bond donors (Lipinski definition) is 2. The molecule has 2 aromatic heterocycles. The van der Waals surface area contributed by atoms with Gasteiger partial charge in [0, 0.05) is 32.4 Å². The summed E-state index contributed by atoms with van der Waals surface area (Å²) in [6.45, 7) is 3.04. The molecule has 0 bridgehead atoms. The highest BCUT2D eigenvalue weighted by atomic mass is 16.2. The molecule has 0 spiro atoms. The fraction of sp³-hybridized carbons (Fsp3) is 0.278. The van der Waals surface area contributed by atoms with E-state index in [4.69, 9.17) is 0 Å². The number of amides is 2. The van der Waals surface area contributed by atoms with E-state index in [-0.39, 0.29) is 23.0 Å². The predicted octanol–water partition coefficient (Wildman–Crippen LogP) is 0.592. The van der Waals surface area contributed by atoms with Crippen molar-refractivity contribution < 1.29 is 9.59 Å². The molecule has 10 nitrogen and oxygen atoms in total. The minimum Gasteiger partial charge on any atom is -0.326 e. The molecular formula is C18H20N6O4. The minimum atomic E-state index is -0.745. The Balaban J connectivity index is 1.89. The standard InChI is InChI=1S/C18H20N6O4/c1-10(16(26)21-13-7-5-12(6-8-13)20-11(2)25)24-9-19-15-14(24)17(27)23(4)18(28)22(15)3/h5-10H,1-4H3,(H,20,25)(H,21,26). The van der Waals surface area contributed by atoms with Crippen LogP contribution in [0.25, 0.3) is 11.2 Å². The summed E-state index contributed by atoms with van der Waals surface area (Å²) in [5.74, 6) is -0.546. The van der Waals surface area contributed by atoms with Gasteiger partial charge in [0.15, 0.2) is 11.2 Å². The summed E-state index contributed by atoms with van der Waals surface area (Å²) in [5, 5.41) is 5.40. The quantitative estimate of drug-likeness (QED) is 0.682. The van der Waals surface area contributed by atoms with Crippen LogP contribution in [0.5, 0.6) is 0 Å². The molecule has 1 aromatic carbocycles. The third kappa shape index (κ3) is 3.31. The molecule has 1 atom stereocenters. The summed E-state index contributed by atoms with van der Waals surface area (Å²) >= 11 is 0. The van der Waals surface area contributed by atoms with Crippen LogP contribution in [0.4, 0.5) is 11.4 Å². The van der Waals surface area contributed by atoms with Crippen LogP contribution in [0.3, 0.4) is 0 Å². The van der Waals surface area contributed by atoms with Gasteiger partial charge in [-0.25, -0.2) is 9.78 Å². The first-order chi connectivity index (χ1) is 13.2. The lowest BCUT2D eigenvalue weighted by Gasteiger charge is -2.15. The third-order valence-corrected chi connectivity index (χ3v) is 4.44. The second-order valence-corrected chi connectivity index (χ2v) is 6.45. The van der Waals surface area contributed by atoms with Crippen LogP contribution in [0, 0.1) is 0 Å². The second kappa shape index (κ2) is 7.14. The largest absolute Gasteiger partial charge is 0.332 e. The fourth-order valence-corrected chi connectivity index (χ4v) is 2.87. The van der Waals surface area contributed by atoms with Gasteiger partial charge in [-0.3, -0.25) is 23.5 Å². The molecule has 0 fully saturated rings. The second-order valence-electron chi connectivity index (χ2n) is 6.45. The maximum atomic E-state index is 12.7. The van der Waals surface area contributed by atoms with Crippen molar-refractivity contribution in [1.82, 2.24) is 18.7 Å². The fourth-order valence-electron chi connectivity index (χ4n) is 2.87. The van der Waals surface area contributed by atoms with Crippen molar-refractivity contribution in [3.05, 3.63) is 51.4 Å². The first-order valence-corrected chi connectivity index (χ1v) is 8.51. The van der Waals surface area contributed by atoms with Crippen LogP contribution in [0.1, 0.15) is 19.9 Å². The molecular weight excluding hydrogens is 364 g/mol. The van der Waals surface area contributed by atoms with Crippen LogP contribution >= 0.6 is 0 Å². The number of nitrogens with one attached hydrogen (secondary N) is 2. The summed E-state index contributed by atoms with van der Waals surface area (Å²) in [7, 11) is 2.89. The van der Waals surface area contributed by atoms with E-state index in [0.717, 1.165) is 4.57 Å². The SMILES string of the molecule is CC(=O)Nc1ccc(NC(=O)C(C)n2cnc3c2c(=O)n(C)c(=O)n3C)cc1. The molecule has 3 rings (SSSR count). The van der Waals surface area contributed by atoms with E-state index in [1.165, 1.54) is 36.5 Å². The van der Waals surface area contributed by atoms with E-state index in [0.29, 0.717) is 11.4 Å². The summed E-state index contributed by atoms with van der Waals surface area (Å²) in [6, 6.07) is 5.90. The van der Waals surface area contributed by atoms with E-state index in [1.807, 2.05) is 0 Å². The lowest BCUT2D eigenvalue weighted by Crippen LogP contribution is -2.38. The van der Waals surface area contributed by atoms with Gasteiger partial charge in [0.25, 0.3) is 5.56 Å². The lowest BCUT2D eigenvalue weighted by molar-refractivity contribution is -0.118. The van der Waals surface area contributed by atoms with Gasteiger partial charge in [-0.05, 0) is 31.2 Å². The monoisotopic (exact) mass is 384 g/mol. The highest BCUT2D eigenvalue weighted by Gasteiger charge is 2.21.